The molecule has 2 aromatic heterocycles. The Balaban J connectivity index is 1.26. The lowest BCUT2D eigenvalue weighted by Crippen LogP contribution is -2.46. The molecule has 0 aliphatic heterocycles. The number of nitrogens with one attached hydrogen (secondary N) is 1. The standard InChI is InChI=1S/C27H27Cl2N3O5/c1-2-14-10-16(22(14)26(33)31-17-8-9-21(27(34)35)30-11-17)12-36-13-18-24(32-37-25(18)15-6-7-15)23-19(28)4-3-5-20(23)29/h3-5,8-9,11,14-16,22H,2,6-7,10,12-13H2,1H3,(H,31,33)(H,34,35). The number of ether oxygens (including phenoxy) is 1. The molecule has 0 bridgehead atoms. The van der Waals surface area contributed by atoms with Crippen LogP contribution in [0.1, 0.15) is 60.3 Å². The van der Waals surface area contributed by atoms with Gasteiger partial charge in [-0.2, -0.15) is 0 Å². The molecule has 2 aliphatic carbocycles. The van der Waals surface area contributed by atoms with Gasteiger partial charge < -0.3 is 19.7 Å². The lowest BCUT2D eigenvalue weighted by molar-refractivity contribution is -0.132. The number of benzene rings is 1. The van der Waals surface area contributed by atoms with Crippen molar-refractivity contribution < 1.29 is 24.0 Å². The minimum absolute atomic E-state index is 0.0628. The highest BCUT2D eigenvalue weighted by Gasteiger charge is 2.44. The Morgan fingerprint density at radius 3 is 2.54 bits per heavy atom. The Bertz CT molecular complexity index is 1290. The van der Waals surface area contributed by atoms with Gasteiger partial charge in [0.2, 0.25) is 5.91 Å². The first-order chi connectivity index (χ1) is 17.9. The maximum atomic E-state index is 13.1. The van der Waals surface area contributed by atoms with Crippen molar-refractivity contribution in [2.24, 2.45) is 17.8 Å². The fourth-order valence-corrected chi connectivity index (χ4v) is 5.65. The van der Waals surface area contributed by atoms with Gasteiger partial charge in [0.1, 0.15) is 17.1 Å². The number of rotatable bonds is 10. The van der Waals surface area contributed by atoms with Gasteiger partial charge in [0, 0.05) is 23.0 Å². The molecule has 10 heteroatoms. The number of nitrogens with zero attached hydrogens (tertiary/aromatic N) is 2. The van der Waals surface area contributed by atoms with E-state index < -0.39 is 5.97 Å². The second-order valence-electron chi connectivity index (χ2n) is 9.68. The Morgan fingerprint density at radius 2 is 1.92 bits per heavy atom. The topological polar surface area (TPSA) is 115 Å². The summed E-state index contributed by atoms with van der Waals surface area (Å²) in [6.07, 6.45) is 5.23. The first-order valence-corrected chi connectivity index (χ1v) is 13.1. The lowest BCUT2D eigenvalue weighted by Gasteiger charge is -2.43. The predicted octanol–water partition coefficient (Wildman–Crippen LogP) is 6.44. The first kappa shape index (κ1) is 25.7. The summed E-state index contributed by atoms with van der Waals surface area (Å²) in [5.41, 5.74) is 2.49. The van der Waals surface area contributed by atoms with Crippen molar-refractivity contribution in [3.8, 4) is 11.3 Å². The highest BCUT2D eigenvalue weighted by molar-refractivity contribution is 6.39. The molecular weight excluding hydrogens is 517 g/mol. The monoisotopic (exact) mass is 543 g/mol. The van der Waals surface area contributed by atoms with E-state index in [2.05, 4.69) is 22.4 Å². The molecule has 2 fully saturated rings. The normalized spacial score (nSPS) is 20.9. The molecule has 0 spiro atoms. The molecule has 1 amide bonds. The van der Waals surface area contributed by atoms with Crippen LogP contribution in [0, 0.1) is 17.8 Å². The van der Waals surface area contributed by atoms with E-state index in [4.69, 9.17) is 37.6 Å². The highest BCUT2D eigenvalue weighted by atomic mass is 35.5. The summed E-state index contributed by atoms with van der Waals surface area (Å²) >= 11 is 12.9. The number of pyridine rings is 1. The van der Waals surface area contributed by atoms with Crippen molar-refractivity contribution in [2.45, 2.75) is 45.1 Å². The number of aromatic nitrogens is 2. The van der Waals surface area contributed by atoms with Crippen molar-refractivity contribution in [1.82, 2.24) is 10.1 Å². The van der Waals surface area contributed by atoms with Gasteiger partial charge in [-0.3, -0.25) is 4.79 Å². The molecule has 0 saturated heterocycles. The zero-order valence-electron chi connectivity index (χ0n) is 20.2. The zero-order chi connectivity index (χ0) is 26.1. The number of carbonyl (C=O) groups is 2. The van der Waals surface area contributed by atoms with Gasteiger partial charge in [-0.25, -0.2) is 9.78 Å². The predicted molar refractivity (Wildman–Crippen MR) is 139 cm³/mol. The molecule has 2 aliphatic rings. The van der Waals surface area contributed by atoms with E-state index in [1.807, 2.05) is 0 Å². The number of anilines is 1. The Kier molecular flexibility index (Phi) is 7.51. The van der Waals surface area contributed by atoms with Crippen LogP contribution < -0.4 is 5.32 Å². The summed E-state index contributed by atoms with van der Waals surface area (Å²) in [7, 11) is 0. The van der Waals surface area contributed by atoms with Gasteiger partial charge >= 0.3 is 5.97 Å². The van der Waals surface area contributed by atoms with Crippen LogP contribution in [0.2, 0.25) is 10.0 Å². The van der Waals surface area contributed by atoms with Crippen LogP contribution in [0.3, 0.4) is 0 Å². The van der Waals surface area contributed by atoms with Gasteiger partial charge in [0.15, 0.2) is 0 Å². The van der Waals surface area contributed by atoms with Gasteiger partial charge in [0.05, 0.1) is 35.1 Å². The van der Waals surface area contributed by atoms with Crippen LogP contribution in [0.15, 0.2) is 41.1 Å². The maximum Gasteiger partial charge on any atom is 0.354 e. The van der Waals surface area contributed by atoms with Gasteiger partial charge in [0.25, 0.3) is 0 Å². The van der Waals surface area contributed by atoms with E-state index in [1.54, 1.807) is 24.3 Å². The second-order valence-corrected chi connectivity index (χ2v) is 10.5. The summed E-state index contributed by atoms with van der Waals surface area (Å²) < 4.78 is 11.9. The average Bonchev–Trinajstić information content (AvgIpc) is 3.61. The average molecular weight is 544 g/mol. The number of amides is 1. The molecular formula is C27H27Cl2N3O5. The maximum absolute atomic E-state index is 13.1. The Hall–Kier alpha value is -2.94. The van der Waals surface area contributed by atoms with Crippen molar-refractivity contribution in [3.63, 3.8) is 0 Å². The van der Waals surface area contributed by atoms with Crippen LogP contribution in [-0.2, 0) is 16.1 Å². The molecule has 1 aromatic carbocycles. The summed E-state index contributed by atoms with van der Waals surface area (Å²) in [6, 6.07) is 8.24. The molecule has 2 saturated carbocycles. The molecule has 5 rings (SSSR count). The minimum Gasteiger partial charge on any atom is -0.477 e. The minimum atomic E-state index is -1.11. The van der Waals surface area contributed by atoms with Gasteiger partial charge in [-0.1, -0.05) is 47.8 Å². The molecule has 2 N–H and O–H groups in total. The quantitative estimate of drug-likeness (QED) is 0.302. The van der Waals surface area contributed by atoms with Crippen LogP contribution in [-0.4, -0.2) is 33.7 Å². The van der Waals surface area contributed by atoms with E-state index >= 15 is 0 Å². The van der Waals surface area contributed by atoms with Crippen LogP contribution in [0.25, 0.3) is 11.3 Å². The number of carbonyl (C=O) groups excluding carboxylic acids is 1. The van der Waals surface area contributed by atoms with Crippen molar-refractivity contribution in [3.05, 3.63) is 63.6 Å². The molecule has 3 unspecified atom stereocenters. The van der Waals surface area contributed by atoms with E-state index in [1.165, 1.54) is 12.3 Å². The summed E-state index contributed by atoms with van der Waals surface area (Å²) in [4.78, 5) is 28.0. The number of halogens is 2. The third kappa shape index (κ3) is 5.37. The van der Waals surface area contributed by atoms with E-state index in [0.717, 1.165) is 37.0 Å². The summed E-state index contributed by atoms with van der Waals surface area (Å²) in [5, 5.41) is 17.2. The second kappa shape index (κ2) is 10.8. The highest BCUT2D eigenvalue weighted by Crippen LogP contribution is 2.47. The molecule has 37 heavy (non-hydrogen) atoms. The number of aromatic carboxylic acids is 1. The van der Waals surface area contributed by atoms with Crippen LogP contribution in [0.4, 0.5) is 5.69 Å². The fraction of sp³-hybridized carbons (Fsp3) is 0.407. The summed E-state index contributed by atoms with van der Waals surface area (Å²) in [6.45, 7) is 2.77. The van der Waals surface area contributed by atoms with Crippen LogP contribution in [0.5, 0.6) is 0 Å². The molecule has 8 nitrogen and oxygen atoms in total. The molecule has 194 valence electrons. The number of carboxylic acid groups (broad SMARTS) is 1. The zero-order valence-corrected chi connectivity index (χ0v) is 21.8. The van der Waals surface area contributed by atoms with Gasteiger partial charge in [-0.05, 0) is 55.4 Å². The summed E-state index contributed by atoms with van der Waals surface area (Å²) in [5.74, 6) is 0.0443. The fourth-order valence-electron chi connectivity index (χ4n) is 5.07. The number of hydrogen-bond acceptors (Lipinski definition) is 6. The molecule has 3 aromatic rings. The Labute approximate surface area is 224 Å². The SMILES string of the molecule is CCC1CC(COCc2c(-c3c(Cl)cccc3Cl)noc2C2CC2)C1C(=O)Nc1ccc(C(=O)O)nc1. The lowest BCUT2D eigenvalue weighted by atomic mass is 9.63. The first-order valence-electron chi connectivity index (χ1n) is 12.4. The smallest absolute Gasteiger partial charge is 0.354 e. The Morgan fingerprint density at radius 1 is 1.16 bits per heavy atom. The molecule has 3 atom stereocenters. The van der Waals surface area contributed by atoms with Crippen LogP contribution >= 0.6 is 23.2 Å². The largest absolute Gasteiger partial charge is 0.477 e. The van der Waals surface area contributed by atoms with Crippen molar-refractivity contribution >= 4 is 40.8 Å². The number of carboxylic acids is 1. The van der Waals surface area contributed by atoms with E-state index in [0.29, 0.717) is 39.5 Å². The van der Waals surface area contributed by atoms with Crippen molar-refractivity contribution in [1.29, 1.82) is 0 Å². The van der Waals surface area contributed by atoms with Crippen molar-refractivity contribution in [2.75, 3.05) is 11.9 Å². The molecule has 2 heterocycles. The third-order valence-electron chi connectivity index (χ3n) is 7.24. The van der Waals surface area contributed by atoms with Gasteiger partial charge in [-0.15, -0.1) is 0 Å². The molecule has 0 radical (unpaired) electrons. The van der Waals surface area contributed by atoms with E-state index in [-0.39, 0.29) is 36.0 Å². The number of hydrogen-bond donors (Lipinski definition) is 2. The third-order valence-corrected chi connectivity index (χ3v) is 7.87. The van der Waals surface area contributed by atoms with E-state index in [9.17, 15) is 9.59 Å².